The molecule has 1 rings (SSSR count). The molecule has 0 aromatic carbocycles. The number of nitrogens with zero attached hydrogens (tertiary/aromatic N) is 2. The van der Waals surface area contributed by atoms with Gasteiger partial charge in [-0.2, -0.15) is 5.10 Å². The van der Waals surface area contributed by atoms with Crippen LogP contribution in [0.15, 0.2) is 12.3 Å². The predicted octanol–water partition coefficient (Wildman–Crippen LogP) is 0.842. The van der Waals surface area contributed by atoms with Crippen molar-refractivity contribution in [1.82, 2.24) is 15.1 Å². The molecule has 1 unspecified atom stereocenters. The first-order chi connectivity index (χ1) is 8.30. The molecule has 0 aliphatic carbocycles. The van der Waals surface area contributed by atoms with Crippen molar-refractivity contribution in [2.75, 3.05) is 6.54 Å². The topological polar surface area (TPSA) is 72.9 Å². The van der Waals surface area contributed by atoms with Gasteiger partial charge in [-0.05, 0) is 11.5 Å². The SMILES string of the molecule is Cn1nccc1CCNC(=O)CC(N)C(C)(C)C. The van der Waals surface area contributed by atoms with Gasteiger partial charge in [0, 0.05) is 44.4 Å². The maximum absolute atomic E-state index is 11.7. The van der Waals surface area contributed by atoms with Crippen LogP contribution >= 0.6 is 0 Å². The van der Waals surface area contributed by atoms with E-state index in [-0.39, 0.29) is 17.4 Å². The Bertz CT molecular complexity index is 392. The molecule has 18 heavy (non-hydrogen) atoms. The largest absolute Gasteiger partial charge is 0.356 e. The number of hydrogen-bond acceptors (Lipinski definition) is 3. The van der Waals surface area contributed by atoms with E-state index in [0.717, 1.165) is 12.1 Å². The molecule has 0 fully saturated rings. The fourth-order valence-electron chi connectivity index (χ4n) is 1.55. The minimum absolute atomic E-state index is 0.0135. The van der Waals surface area contributed by atoms with Crippen molar-refractivity contribution < 1.29 is 4.79 Å². The molecule has 0 aliphatic rings. The van der Waals surface area contributed by atoms with E-state index in [9.17, 15) is 4.79 Å². The molecule has 0 saturated carbocycles. The van der Waals surface area contributed by atoms with Crippen LogP contribution in [0.25, 0.3) is 0 Å². The first-order valence-electron chi connectivity index (χ1n) is 6.30. The van der Waals surface area contributed by atoms with E-state index in [4.69, 9.17) is 5.73 Å². The van der Waals surface area contributed by atoms with E-state index in [1.807, 2.05) is 38.6 Å². The number of amides is 1. The average molecular weight is 252 g/mol. The minimum atomic E-state index is -0.116. The van der Waals surface area contributed by atoms with E-state index >= 15 is 0 Å². The molecule has 3 N–H and O–H groups in total. The average Bonchev–Trinajstić information content (AvgIpc) is 2.63. The number of aryl methyl sites for hydroxylation is 1. The van der Waals surface area contributed by atoms with Crippen molar-refractivity contribution in [3.05, 3.63) is 18.0 Å². The summed E-state index contributed by atoms with van der Waals surface area (Å²) in [6.45, 7) is 6.75. The van der Waals surface area contributed by atoms with Gasteiger partial charge in [-0.1, -0.05) is 20.8 Å². The van der Waals surface area contributed by atoms with Gasteiger partial charge in [0.2, 0.25) is 5.91 Å². The Balaban J connectivity index is 2.28. The van der Waals surface area contributed by atoms with E-state index < -0.39 is 0 Å². The summed E-state index contributed by atoms with van der Waals surface area (Å²) in [5, 5.41) is 6.97. The zero-order valence-corrected chi connectivity index (χ0v) is 11.7. The number of carbonyl (C=O) groups is 1. The molecule has 102 valence electrons. The van der Waals surface area contributed by atoms with Crippen molar-refractivity contribution in [2.45, 2.75) is 39.7 Å². The molecule has 1 amide bonds. The molecule has 1 atom stereocenters. The standard InChI is InChI=1S/C13H24N4O/c1-13(2,3)11(14)9-12(18)15-7-5-10-6-8-16-17(10)4/h6,8,11H,5,7,9,14H2,1-4H3,(H,15,18). The Kier molecular flexibility index (Phi) is 4.90. The molecule has 1 heterocycles. The van der Waals surface area contributed by atoms with Gasteiger partial charge in [-0.3, -0.25) is 9.48 Å². The Morgan fingerprint density at radius 2 is 2.22 bits per heavy atom. The minimum Gasteiger partial charge on any atom is -0.356 e. The summed E-state index contributed by atoms with van der Waals surface area (Å²) in [4.78, 5) is 11.7. The highest BCUT2D eigenvalue weighted by molar-refractivity contribution is 5.76. The number of nitrogens with two attached hydrogens (primary N) is 1. The fraction of sp³-hybridized carbons (Fsp3) is 0.692. The smallest absolute Gasteiger partial charge is 0.221 e. The summed E-state index contributed by atoms with van der Waals surface area (Å²) in [6, 6.07) is 1.83. The fourth-order valence-corrected chi connectivity index (χ4v) is 1.55. The van der Waals surface area contributed by atoms with Crippen LogP contribution in [0.3, 0.4) is 0 Å². The van der Waals surface area contributed by atoms with Crippen LogP contribution in [-0.2, 0) is 18.3 Å². The normalized spacial score (nSPS) is 13.4. The van der Waals surface area contributed by atoms with Crippen molar-refractivity contribution >= 4 is 5.91 Å². The molecule has 0 saturated heterocycles. The molecule has 0 aliphatic heterocycles. The van der Waals surface area contributed by atoms with Crippen LogP contribution < -0.4 is 11.1 Å². The Labute approximate surface area is 109 Å². The van der Waals surface area contributed by atoms with Crippen LogP contribution in [0.4, 0.5) is 0 Å². The molecule has 5 heteroatoms. The zero-order chi connectivity index (χ0) is 13.8. The van der Waals surface area contributed by atoms with Crippen molar-refractivity contribution in [3.63, 3.8) is 0 Å². The van der Waals surface area contributed by atoms with Gasteiger partial charge in [-0.25, -0.2) is 0 Å². The molecule has 0 spiro atoms. The van der Waals surface area contributed by atoms with Gasteiger partial charge in [-0.15, -0.1) is 0 Å². The molecule has 1 aromatic rings. The Morgan fingerprint density at radius 3 is 2.72 bits per heavy atom. The zero-order valence-electron chi connectivity index (χ0n) is 11.7. The number of nitrogens with one attached hydrogen (secondary N) is 1. The van der Waals surface area contributed by atoms with Gasteiger partial charge in [0.05, 0.1) is 0 Å². The van der Waals surface area contributed by atoms with E-state index in [1.165, 1.54) is 0 Å². The van der Waals surface area contributed by atoms with E-state index in [1.54, 1.807) is 6.20 Å². The second-order valence-electron chi connectivity index (χ2n) is 5.72. The highest BCUT2D eigenvalue weighted by Crippen LogP contribution is 2.19. The molecule has 0 radical (unpaired) electrons. The summed E-state index contributed by atoms with van der Waals surface area (Å²) in [5.41, 5.74) is 7.03. The number of hydrogen-bond donors (Lipinski definition) is 2. The lowest BCUT2D eigenvalue weighted by molar-refractivity contribution is -0.121. The summed E-state index contributed by atoms with van der Waals surface area (Å²) in [5.74, 6) is 0.0135. The maximum atomic E-state index is 11.7. The van der Waals surface area contributed by atoms with Crippen molar-refractivity contribution in [3.8, 4) is 0 Å². The lowest BCUT2D eigenvalue weighted by atomic mass is 9.85. The first kappa shape index (κ1) is 14.7. The number of carbonyl (C=O) groups excluding carboxylic acids is 1. The summed E-state index contributed by atoms with van der Waals surface area (Å²) < 4.78 is 1.81. The molecule has 5 nitrogen and oxygen atoms in total. The summed E-state index contributed by atoms with van der Waals surface area (Å²) in [7, 11) is 1.90. The summed E-state index contributed by atoms with van der Waals surface area (Å²) in [6.07, 6.45) is 2.91. The van der Waals surface area contributed by atoms with Gasteiger partial charge in [0.1, 0.15) is 0 Å². The second-order valence-corrected chi connectivity index (χ2v) is 5.72. The molecule has 0 bridgehead atoms. The molecular weight excluding hydrogens is 228 g/mol. The molecule has 1 aromatic heterocycles. The van der Waals surface area contributed by atoms with Gasteiger partial charge in [0.25, 0.3) is 0 Å². The van der Waals surface area contributed by atoms with Gasteiger partial charge >= 0.3 is 0 Å². The van der Waals surface area contributed by atoms with E-state index in [0.29, 0.717) is 13.0 Å². The van der Waals surface area contributed by atoms with Crippen molar-refractivity contribution in [1.29, 1.82) is 0 Å². The van der Waals surface area contributed by atoms with Crippen LogP contribution in [-0.4, -0.2) is 28.3 Å². The Morgan fingerprint density at radius 1 is 1.56 bits per heavy atom. The van der Waals surface area contributed by atoms with Gasteiger partial charge < -0.3 is 11.1 Å². The maximum Gasteiger partial charge on any atom is 0.221 e. The van der Waals surface area contributed by atoms with Crippen LogP contribution in [0.5, 0.6) is 0 Å². The highest BCUT2D eigenvalue weighted by atomic mass is 16.1. The van der Waals surface area contributed by atoms with Crippen molar-refractivity contribution in [2.24, 2.45) is 18.2 Å². The quantitative estimate of drug-likeness (QED) is 0.815. The lowest BCUT2D eigenvalue weighted by Gasteiger charge is -2.26. The number of aromatic nitrogens is 2. The number of rotatable bonds is 5. The predicted molar refractivity (Wildman–Crippen MR) is 72.0 cm³/mol. The lowest BCUT2D eigenvalue weighted by Crippen LogP contribution is -2.40. The second kappa shape index (κ2) is 6.00. The van der Waals surface area contributed by atoms with Crippen LogP contribution in [0.2, 0.25) is 0 Å². The summed E-state index contributed by atoms with van der Waals surface area (Å²) >= 11 is 0. The third-order valence-corrected chi connectivity index (χ3v) is 3.14. The van der Waals surface area contributed by atoms with Crippen LogP contribution in [0.1, 0.15) is 32.9 Å². The third-order valence-electron chi connectivity index (χ3n) is 3.14. The highest BCUT2D eigenvalue weighted by Gasteiger charge is 2.22. The van der Waals surface area contributed by atoms with E-state index in [2.05, 4.69) is 10.4 Å². The molecular formula is C13H24N4O. The van der Waals surface area contributed by atoms with Gasteiger partial charge in [0.15, 0.2) is 0 Å². The first-order valence-corrected chi connectivity index (χ1v) is 6.30. The Hall–Kier alpha value is -1.36. The monoisotopic (exact) mass is 252 g/mol. The third kappa shape index (κ3) is 4.49. The van der Waals surface area contributed by atoms with Crippen LogP contribution in [0, 0.1) is 5.41 Å².